The van der Waals surface area contributed by atoms with E-state index in [-0.39, 0.29) is 16.9 Å². The number of fused-ring (bicyclic) bond motifs is 3. The van der Waals surface area contributed by atoms with Crippen molar-refractivity contribution >= 4 is 0 Å². The maximum atomic E-state index is 6.39. The van der Waals surface area contributed by atoms with Crippen molar-refractivity contribution < 1.29 is 4.74 Å². The van der Waals surface area contributed by atoms with Crippen LogP contribution in [0, 0.1) is 19.8 Å². The number of benzene rings is 1. The molecule has 1 heteroatoms. The van der Waals surface area contributed by atoms with E-state index in [0.717, 1.165) is 0 Å². The molecule has 0 spiro atoms. The van der Waals surface area contributed by atoms with Gasteiger partial charge in [-0.15, -0.1) is 0 Å². The molecule has 0 radical (unpaired) electrons. The summed E-state index contributed by atoms with van der Waals surface area (Å²) in [5.74, 6) is 1.11. The highest BCUT2D eigenvalue weighted by molar-refractivity contribution is 5.62. The van der Waals surface area contributed by atoms with Gasteiger partial charge in [0.05, 0.1) is 12.2 Å². The van der Waals surface area contributed by atoms with Crippen molar-refractivity contribution in [1.82, 2.24) is 0 Å². The summed E-state index contributed by atoms with van der Waals surface area (Å²) in [5, 5.41) is 0. The van der Waals surface area contributed by atoms with E-state index in [9.17, 15) is 0 Å². The zero-order valence-electron chi connectivity index (χ0n) is 17.4. The van der Waals surface area contributed by atoms with Gasteiger partial charge in [0.25, 0.3) is 0 Å². The first-order valence-corrected chi connectivity index (χ1v) is 9.83. The van der Waals surface area contributed by atoms with Crippen LogP contribution in [-0.2, 0) is 15.6 Å². The Morgan fingerprint density at radius 2 is 1.46 bits per heavy atom. The summed E-state index contributed by atoms with van der Waals surface area (Å²) < 4.78 is 6.39. The Kier molecular flexibility index (Phi) is 4.00. The van der Waals surface area contributed by atoms with E-state index >= 15 is 0 Å². The highest BCUT2D eigenvalue weighted by Gasteiger charge is 2.54. The minimum atomic E-state index is 0.200. The minimum Gasteiger partial charge on any atom is -0.370 e. The first kappa shape index (κ1) is 18.0. The fourth-order valence-electron chi connectivity index (χ4n) is 5.91. The zero-order valence-corrected chi connectivity index (χ0v) is 17.4. The Morgan fingerprint density at radius 1 is 0.875 bits per heavy atom. The second kappa shape index (κ2) is 5.34. The van der Waals surface area contributed by atoms with Crippen molar-refractivity contribution in [1.29, 1.82) is 0 Å². The highest BCUT2D eigenvalue weighted by atomic mass is 16.5. The summed E-state index contributed by atoms with van der Waals surface area (Å²) >= 11 is 0. The second-order valence-corrected chi connectivity index (χ2v) is 9.31. The van der Waals surface area contributed by atoms with Crippen LogP contribution in [0.1, 0.15) is 107 Å². The zero-order chi connectivity index (χ0) is 18.2. The molecule has 1 nitrogen and oxygen atoms in total. The van der Waals surface area contributed by atoms with Crippen LogP contribution < -0.4 is 0 Å². The van der Waals surface area contributed by atoms with Gasteiger partial charge in [0.1, 0.15) is 0 Å². The highest BCUT2D eigenvalue weighted by Crippen LogP contribution is 2.60. The number of hydrogen-bond donors (Lipinski definition) is 0. The van der Waals surface area contributed by atoms with Crippen molar-refractivity contribution in [3.05, 3.63) is 33.4 Å². The van der Waals surface area contributed by atoms with Gasteiger partial charge in [-0.3, -0.25) is 0 Å². The average molecular weight is 329 g/mol. The molecule has 0 saturated carbocycles. The molecule has 5 unspecified atom stereocenters. The third kappa shape index (κ3) is 1.97. The predicted octanol–water partition coefficient (Wildman–Crippen LogP) is 6.48. The van der Waals surface area contributed by atoms with Crippen molar-refractivity contribution in [3.63, 3.8) is 0 Å². The van der Waals surface area contributed by atoms with Crippen molar-refractivity contribution in [3.8, 4) is 0 Å². The number of ether oxygens (including phenoxy) is 1. The molecular formula is C23H36O. The predicted molar refractivity (Wildman–Crippen MR) is 103 cm³/mol. The molecule has 1 heterocycles. The van der Waals surface area contributed by atoms with E-state index in [4.69, 9.17) is 4.74 Å². The summed E-state index contributed by atoms with van der Waals surface area (Å²) in [6.45, 7) is 23.8. The molecule has 0 amide bonds. The average Bonchev–Trinajstić information content (AvgIpc) is 2.67. The molecule has 5 atom stereocenters. The van der Waals surface area contributed by atoms with Crippen molar-refractivity contribution in [2.24, 2.45) is 5.92 Å². The van der Waals surface area contributed by atoms with Crippen LogP contribution in [0.15, 0.2) is 0 Å². The second-order valence-electron chi connectivity index (χ2n) is 9.31. The van der Waals surface area contributed by atoms with Crippen LogP contribution in [-0.4, -0.2) is 6.10 Å². The molecule has 0 aromatic heterocycles. The Balaban J connectivity index is 2.48. The SMILES string of the molecule is CCC1(C)c2c3c(c(C)c(C)c2C(C)(C)C1C)C(C)C(C)OC3C. The first-order valence-electron chi connectivity index (χ1n) is 9.83. The Labute approximate surface area is 149 Å². The lowest BCUT2D eigenvalue weighted by molar-refractivity contribution is -0.0203. The largest absolute Gasteiger partial charge is 0.370 e. The molecule has 1 aliphatic carbocycles. The van der Waals surface area contributed by atoms with E-state index in [2.05, 4.69) is 69.2 Å². The van der Waals surface area contributed by atoms with E-state index in [0.29, 0.717) is 17.9 Å². The Bertz CT molecular complexity index is 684. The molecule has 24 heavy (non-hydrogen) atoms. The third-order valence-corrected chi connectivity index (χ3v) is 8.12. The lowest BCUT2D eigenvalue weighted by Crippen LogP contribution is -2.34. The monoisotopic (exact) mass is 328 g/mol. The maximum absolute atomic E-state index is 6.39. The molecule has 0 N–H and O–H groups in total. The van der Waals surface area contributed by atoms with Crippen molar-refractivity contribution in [2.45, 2.75) is 105 Å². The molecule has 3 rings (SSSR count). The van der Waals surface area contributed by atoms with E-state index in [1.807, 2.05) is 0 Å². The molecule has 1 aliphatic heterocycles. The van der Waals surface area contributed by atoms with Gasteiger partial charge in [0, 0.05) is 5.92 Å². The number of rotatable bonds is 1. The van der Waals surface area contributed by atoms with Crippen LogP contribution in [0.25, 0.3) is 0 Å². The molecular weight excluding hydrogens is 292 g/mol. The van der Waals surface area contributed by atoms with Gasteiger partial charge in [-0.1, -0.05) is 41.5 Å². The maximum Gasteiger partial charge on any atom is 0.0806 e. The lowest BCUT2D eigenvalue weighted by atomic mass is 9.68. The molecule has 0 saturated heterocycles. The molecule has 0 fully saturated rings. The van der Waals surface area contributed by atoms with Crippen LogP contribution in [0.3, 0.4) is 0 Å². The fourth-order valence-corrected chi connectivity index (χ4v) is 5.91. The summed E-state index contributed by atoms with van der Waals surface area (Å²) in [5.41, 5.74) is 9.86. The standard InChI is InChI=1S/C23H36O/c1-11-23(10)17(7)22(8,9)20-13(3)12(2)18-14(4)15(5)24-16(6)19(18)21(20)23/h14-17H,11H2,1-10H3. The topological polar surface area (TPSA) is 9.23 Å². The first-order chi connectivity index (χ1) is 11.0. The van der Waals surface area contributed by atoms with Gasteiger partial charge in [0.15, 0.2) is 0 Å². The molecule has 1 aromatic carbocycles. The van der Waals surface area contributed by atoms with Crippen molar-refractivity contribution in [2.75, 3.05) is 0 Å². The van der Waals surface area contributed by atoms with Gasteiger partial charge < -0.3 is 4.74 Å². The molecule has 0 bridgehead atoms. The summed E-state index contributed by atoms with van der Waals surface area (Å²) in [6, 6.07) is 0. The summed E-state index contributed by atoms with van der Waals surface area (Å²) in [7, 11) is 0. The van der Waals surface area contributed by atoms with E-state index in [1.54, 1.807) is 16.7 Å². The molecule has 2 aliphatic rings. The minimum absolute atomic E-state index is 0.200. The smallest absolute Gasteiger partial charge is 0.0806 e. The van der Waals surface area contributed by atoms with Gasteiger partial charge in [0.2, 0.25) is 0 Å². The van der Waals surface area contributed by atoms with Gasteiger partial charge in [-0.25, -0.2) is 0 Å². The normalized spacial score (nSPS) is 37.2. The van der Waals surface area contributed by atoms with Crippen LogP contribution in [0.2, 0.25) is 0 Å². The molecule has 134 valence electrons. The lowest BCUT2D eigenvalue weighted by Gasteiger charge is -2.40. The summed E-state index contributed by atoms with van der Waals surface area (Å²) in [6.07, 6.45) is 1.69. The third-order valence-electron chi connectivity index (χ3n) is 8.12. The quantitative estimate of drug-likeness (QED) is 0.573. The Morgan fingerprint density at radius 3 is 2.00 bits per heavy atom. The van der Waals surface area contributed by atoms with E-state index in [1.165, 1.54) is 23.1 Å². The van der Waals surface area contributed by atoms with E-state index < -0.39 is 0 Å². The molecule has 1 aromatic rings. The van der Waals surface area contributed by atoms with Gasteiger partial charge in [-0.2, -0.15) is 0 Å². The van der Waals surface area contributed by atoms with Gasteiger partial charge in [-0.05, 0) is 84.2 Å². The van der Waals surface area contributed by atoms with Crippen LogP contribution >= 0.6 is 0 Å². The Hall–Kier alpha value is -0.820. The summed E-state index contributed by atoms with van der Waals surface area (Å²) in [4.78, 5) is 0. The van der Waals surface area contributed by atoms with Crippen LogP contribution in [0.4, 0.5) is 0 Å². The number of hydrogen-bond acceptors (Lipinski definition) is 1. The fraction of sp³-hybridized carbons (Fsp3) is 0.739. The van der Waals surface area contributed by atoms with Crippen LogP contribution in [0.5, 0.6) is 0 Å². The van der Waals surface area contributed by atoms with Gasteiger partial charge >= 0.3 is 0 Å².